The summed E-state index contributed by atoms with van der Waals surface area (Å²) in [5.41, 5.74) is 9.13. The molecule has 1 spiro atoms. The fourth-order valence-electron chi connectivity index (χ4n) is 6.38. The number of benzene rings is 2. The van der Waals surface area contributed by atoms with E-state index in [-0.39, 0.29) is 37.2 Å². The predicted molar refractivity (Wildman–Crippen MR) is 160 cm³/mol. The lowest BCUT2D eigenvalue weighted by atomic mass is 9.90. The molecule has 2 aliphatic heterocycles. The molecular formula is C30H35F2N5O4S. The highest BCUT2D eigenvalue weighted by molar-refractivity contribution is 7.92. The molecule has 4 N–H and O–H groups in total. The fourth-order valence-corrected chi connectivity index (χ4v) is 7.22. The number of aliphatic hydroxyl groups excluding tert-OH is 1. The van der Waals surface area contributed by atoms with Crippen molar-refractivity contribution in [3.05, 3.63) is 48.3 Å². The number of alkyl halides is 2. The number of carbonyl (C=O) groups excluding carboxylic acids is 1. The number of fused-ring (bicyclic) bond motifs is 1. The summed E-state index contributed by atoms with van der Waals surface area (Å²) in [5, 5.41) is 11.0. The van der Waals surface area contributed by atoms with Gasteiger partial charge in [0.05, 0.1) is 29.3 Å². The zero-order valence-electron chi connectivity index (χ0n) is 23.3. The Labute approximate surface area is 243 Å². The van der Waals surface area contributed by atoms with E-state index in [4.69, 9.17) is 5.73 Å². The number of aromatic nitrogens is 1. The van der Waals surface area contributed by atoms with E-state index in [1.54, 1.807) is 12.4 Å². The summed E-state index contributed by atoms with van der Waals surface area (Å²) < 4.78 is 56.6. The maximum atomic E-state index is 14.1. The van der Waals surface area contributed by atoms with Crippen LogP contribution in [0.15, 0.2) is 42.7 Å². The number of piperidine rings is 2. The lowest BCUT2D eigenvalue weighted by Crippen LogP contribution is -2.39. The van der Waals surface area contributed by atoms with Crippen molar-refractivity contribution < 1.29 is 27.1 Å². The number of aliphatic hydroxyl groups is 1. The summed E-state index contributed by atoms with van der Waals surface area (Å²) in [5.74, 6) is -3.86. The number of amides is 1. The minimum Gasteiger partial charge on any atom is -0.395 e. The molecule has 3 aromatic rings. The molecule has 6 rings (SSSR count). The van der Waals surface area contributed by atoms with E-state index in [1.807, 2.05) is 23.1 Å². The van der Waals surface area contributed by atoms with Gasteiger partial charge in [0.1, 0.15) is 0 Å². The molecule has 0 unspecified atom stereocenters. The van der Waals surface area contributed by atoms with E-state index in [9.17, 15) is 27.1 Å². The van der Waals surface area contributed by atoms with E-state index in [0.717, 1.165) is 23.6 Å². The molecule has 0 bridgehead atoms. The second-order valence-electron chi connectivity index (χ2n) is 11.8. The number of hydrogen-bond donors (Lipinski definition) is 3. The molecule has 1 aliphatic carbocycles. The number of anilines is 3. The van der Waals surface area contributed by atoms with Crippen molar-refractivity contribution in [3.63, 3.8) is 0 Å². The number of nitrogens with one attached hydrogen (secondary N) is 1. The molecule has 1 saturated carbocycles. The number of rotatable bonds is 8. The van der Waals surface area contributed by atoms with Gasteiger partial charge in [-0.25, -0.2) is 17.2 Å². The van der Waals surface area contributed by atoms with Crippen molar-refractivity contribution in [3.8, 4) is 11.1 Å². The summed E-state index contributed by atoms with van der Waals surface area (Å²) in [4.78, 5) is 21.1. The quantitative estimate of drug-likeness (QED) is 0.351. The molecule has 12 heteroatoms. The fraction of sp³-hybridized carbons (Fsp3) is 0.467. The van der Waals surface area contributed by atoms with Gasteiger partial charge in [0.2, 0.25) is 10.0 Å². The van der Waals surface area contributed by atoms with Gasteiger partial charge in [-0.1, -0.05) is 0 Å². The predicted octanol–water partition coefficient (Wildman–Crippen LogP) is 4.35. The first-order valence-corrected chi connectivity index (χ1v) is 16.0. The summed E-state index contributed by atoms with van der Waals surface area (Å²) in [6, 6.07) is 8.66. The molecule has 224 valence electrons. The van der Waals surface area contributed by atoms with Gasteiger partial charge in [-0.15, -0.1) is 0 Å². The average Bonchev–Trinajstić information content (AvgIpc) is 3.71. The number of pyridine rings is 1. The summed E-state index contributed by atoms with van der Waals surface area (Å²) in [6.45, 7) is 1.12. The summed E-state index contributed by atoms with van der Waals surface area (Å²) in [6.07, 6.45) is 7.09. The number of carbonyl (C=O) groups is 1. The Morgan fingerprint density at radius 3 is 2.33 bits per heavy atom. The molecule has 1 aromatic heterocycles. The van der Waals surface area contributed by atoms with Crippen molar-refractivity contribution in [2.24, 2.45) is 11.1 Å². The van der Waals surface area contributed by atoms with Crippen LogP contribution in [0.1, 0.15) is 48.9 Å². The number of hydrogen-bond acceptors (Lipinski definition) is 7. The number of nitrogens with zero attached hydrogens (tertiary/aromatic N) is 3. The molecule has 0 radical (unpaired) electrons. The van der Waals surface area contributed by atoms with Crippen LogP contribution in [-0.4, -0.2) is 68.9 Å². The largest absolute Gasteiger partial charge is 0.395 e. The Kier molecular flexibility index (Phi) is 7.25. The summed E-state index contributed by atoms with van der Waals surface area (Å²) in [7, 11) is -3.93. The molecule has 3 aliphatic rings. The van der Waals surface area contributed by atoms with E-state index < -0.39 is 34.2 Å². The highest BCUT2D eigenvalue weighted by Gasteiger charge is 2.45. The molecule has 0 atom stereocenters. The molecule has 1 amide bonds. The van der Waals surface area contributed by atoms with E-state index in [2.05, 4.69) is 14.6 Å². The van der Waals surface area contributed by atoms with Crippen LogP contribution in [-0.2, 0) is 10.0 Å². The zero-order valence-corrected chi connectivity index (χ0v) is 24.1. The highest BCUT2D eigenvalue weighted by atomic mass is 32.2. The third-order valence-corrected chi connectivity index (χ3v) is 10.3. The first-order chi connectivity index (χ1) is 20.0. The van der Waals surface area contributed by atoms with Gasteiger partial charge in [0.15, 0.2) is 0 Å². The standard InChI is InChI=1S/C30H35F2N5O4S/c31-30(32)8-13-36(14-9-30)25-18-21(17-20-3-10-34-19-23(20)25)26-24(35-42(40,41)16-15-38)2-1-22(28(33)39)27(26)37-11-6-29(4-5-29)7-12-37/h1-3,10,17-19,35,38H,4-9,11-16H2,(H2,33,39). The molecule has 3 fully saturated rings. The Balaban J connectivity index is 1.56. The van der Waals surface area contributed by atoms with Crippen LogP contribution in [0, 0.1) is 5.41 Å². The molecule has 3 heterocycles. The van der Waals surface area contributed by atoms with Gasteiger partial charge in [0, 0.05) is 68.1 Å². The smallest absolute Gasteiger partial charge is 0.251 e. The monoisotopic (exact) mass is 599 g/mol. The van der Waals surface area contributed by atoms with Crippen LogP contribution in [0.25, 0.3) is 21.9 Å². The van der Waals surface area contributed by atoms with Crippen molar-refractivity contribution in [2.75, 3.05) is 53.1 Å². The highest BCUT2D eigenvalue weighted by Crippen LogP contribution is 2.55. The van der Waals surface area contributed by atoms with Gasteiger partial charge >= 0.3 is 0 Å². The SMILES string of the molecule is NC(=O)c1ccc(NS(=O)(=O)CCO)c(-c2cc(N3CCC(F)(F)CC3)c3cnccc3c2)c1N1CCC2(CC1)CC2. The van der Waals surface area contributed by atoms with Crippen LogP contribution in [0.3, 0.4) is 0 Å². The van der Waals surface area contributed by atoms with Gasteiger partial charge in [-0.05, 0) is 72.4 Å². The minimum absolute atomic E-state index is 0.152. The van der Waals surface area contributed by atoms with Crippen LogP contribution in [0.2, 0.25) is 0 Å². The van der Waals surface area contributed by atoms with Gasteiger partial charge in [-0.2, -0.15) is 0 Å². The van der Waals surface area contributed by atoms with E-state index >= 15 is 0 Å². The number of primary amides is 1. The Hall–Kier alpha value is -3.51. The van der Waals surface area contributed by atoms with Crippen molar-refractivity contribution in [1.82, 2.24) is 4.98 Å². The van der Waals surface area contributed by atoms with Gasteiger partial charge < -0.3 is 20.6 Å². The lowest BCUT2D eigenvalue weighted by molar-refractivity contribution is -0.0220. The van der Waals surface area contributed by atoms with Gasteiger partial charge in [-0.3, -0.25) is 14.5 Å². The van der Waals surface area contributed by atoms with E-state index in [0.29, 0.717) is 41.0 Å². The number of nitrogens with two attached hydrogens (primary N) is 1. The Bertz CT molecular complexity index is 1620. The van der Waals surface area contributed by atoms with Crippen molar-refractivity contribution >= 4 is 43.8 Å². The topological polar surface area (TPSA) is 129 Å². The molecular weight excluding hydrogens is 564 g/mol. The van der Waals surface area contributed by atoms with Crippen molar-refractivity contribution in [1.29, 1.82) is 0 Å². The molecule has 42 heavy (non-hydrogen) atoms. The van der Waals surface area contributed by atoms with Crippen molar-refractivity contribution in [2.45, 2.75) is 44.4 Å². The first-order valence-electron chi connectivity index (χ1n) is 14.3. The van der Waals surface area contributed by atoms with E-state index in [1.165, 1.54) is 25.0 Å². The van der Waals surface area contributed by atoms with Crippen LogP contribution in [0.4, 0.5) is 25.8 Å². The molecule has 2 saturated heterocycles. The third kappa shape index (κ3) is 5.61. The maximum absolute atomic E-state index is 14.1. The Morgan fingerprint density at radius 2 is 1.69 bits per heavy atom. The second kappa shape index (κ2) is 10.6. The maximum Gasteiger partial charge on any atom is 0.251 e. The Morgan fingerprint density at radius 1 is 1.00 bits per heavy atom. The lowest BCUT2D eigenvalue weighted by Gasteiger charge is -2.37. The van der Waals surface area contributed by atoms with Gasteiger partial charge in [0.25, 0.3) is 11.8 Å². The normalized spacial score (nSPS) is 19.7. The second-order valence-corrected chi connectivity index (χ2v) is 13.7. The number of sulfonamides is 1. The summed E-state index contributed by atoms with van der Waals surface area (Å²) >= 11 is 0. The number of halogens is 2. The molecule has 2 aromatic carbocycles. The minimum atomic E-state index is -3.93. The van der Waals surface area contributed by atoms with Crippen LogP contribution >= 0.6 is 0 Å². The first kappa shape index (κ1) is 28.6. The zero-order chi connectivity index (χ0) is 29.7. The average molecular weight is 600 g/mol. The van der Waals surface area contributed by atoms with Crippen LogP contribution < -0.4 is 20.3 Å². The molecule has 9 nitrogen and oxygen atoms in total. The third-order valence-electron chi connectivity index (χ3n) is 9.02. The van der Waals surface area contributed by atoms with Crippen LogP contribution in [0.5, 0.6) is 0 Å².